The first-order valence-electron chi connectivity index (χ1n) is 6.91. The van der Waals surface area contributed by atoms with E-state index < -0.39 is 24.1 Å². The fourth-order valence-electron chi connectivity index (χ4n) is 2.66. The average Bonchev–Trinajstić information content (AvgIpc) is 2.30. The minimum atomic E-state index is -4.17. The molecule has 0 spiro atoms. The number of piperazine rings is 1. The molecule has 118 valence electrons. The Hall–Kier alpha value is -0.820. The lowest BCUT2D eigenvalue weighted by atomic mass is 9.85. The van der Waals surface area contributed by atoms with Gasteiger partial charge in [0.25, 0.3) is 0 Å². The summed E-state index contributed by atoms with van der Waals surface area (Å²) in [7, 11) is 0. The van der Waals surface area contributed by atoms with Crippen LogP contribution in [0.4, 0.5) is 13.2 Å². The molecule has 0 bridgehead atoms. The van der Waals surface area contributed by atoms with Gasteiger partial charge in [0.1, 0.15) is 0 Å². The molecule has 0 aromatic rings. The summed E-state index contributed by atoms with van der Waals surface area (Å²) in [5, 5.41) is 9.31. The van der Waals surface area contributed by atoms with Crippen molar-refractivity contribution in [2.24, 2.45) is 5.41 Å². The summed E-state index contributed by atoms with van der Waals surface area (Å²) in [6.07, 6.45) is -2.82. The van der Waals surface area contributed by atoms with Crippen molar-refractivity contribution in [3.8, 4) is 0 Å². The Bertz CT molecular complexity index is 328. The molecule has 0 aromatic carbocycles. The van der Waals surface area contributed by atoms with Crippen molar-refractivity contribution in [2.75, 3.05) is 39.3 Å². The minimum Gasteiger partial charge on any atom is -0.481 e. The van der Waals surface area contributed by atoms with Crippen molar-refractivity contribution in [2.45, 2.75) is 32.9 Å². The van der Waals surface area contributed by atoms with Crippen LogP contribution in [-0.2, 0) is 4.79 Å². The summed E-state index contributed by atoms with van der Waals surface area (Å²) in [6.45, 7) is 4.80. The lowest BCUT2D eigenvalue weighted by Gasteiger charge is -2.38. The van der Waals surface area contributed by atoms with Gasteiger partial charge in [0, 0.05) is 32.7 Å². The molecule has 1 heterocycles. The zero-order chi connectivity index (χ0) is 15.4. The number of hydrogen-bond donors (Lipinski definition) is 1. The summed E-state index contributed by atoms with van der Waals surface area (Å²) in [4.78, 5) is 14.7. The molecular formula is C13H23F3N2O2. The van der Waals surface area contributed by atoms with Crippen LogP contribution in [0.15, 0.2) is 0 Å². The molecule has 1 fully saturated rings. The summed E-state index contributed by atoms with van der Waals surface area (Å²) >= 11 is 0. The van der Waals surface area contributed by atoms with Crippen LogP contribution in [0.3, 0.4) is 0 Å². The number of aliphatic carboxylic acids is 1. The fourth-order valence-corrected chi connectivity index (χ4v) is 2.66. The van der Waals surface area contributed by atoms with Gasteiger partial charge in [-0.1, -0.05) is 13.3 Å². The lowest BCUT2D eigenvalue weighted by molar-refractivity contribution is -0.152. The normalized spacial score (nSPS) is 21.6. The Morgan fingerprint density at radius 1 is 1.10 bits per heavy atom. The number of carboxylic acids is 1. The predicted octanol–water partition coefficient (Wildman–Crippen LogP) is 2.06. The SMILES string of the molecule is CCCC(C)(CN1CCN(CC(F)(F)F)CC1)C(=O)O. The van der Waals surface area contributed by atoms with Crippen molar-refractivity contribution in [1.82, 2.24) is 9.80 Å². The van der Waals surface area contributed by atoms with E-state index in [4.69, 9.17) is 0 Å². The Morgan fingerprint density at radius 3 is 1.90 bits per heavy atom. The second-order valence-electron chi connectivity index (χ2n) is 5.78. The standard InChI is InChI=1S/C13H23F3N2O2/c1-3-4-12(2,11(19)20)9-17-5-7-18(8-6-17)10-13(14,15)16/h3-10H2,1-2H3,(H,19,20). The molecule has 1 unspecified atom stereocenters. The highest BCUT2D eigenvalue weighted by Gasteiger charge is 2.36. The van der Waals surface area contributed by atoms with E-state index in [-0.39, 0.29) is 0 Å². The van der Waals surface area contributed by atoms with Crippen molar-refractivity contribution in [3.05, 3.63) is 0 Å². The van der Waals surface area contributed by atoms with Gasteiger partial charge in [-0.3, -0.25) is 14.6 Å². The molecule has 1 atom stereocenters. The van der Waals surface area contributed by atoms with Crippen molar-refractivity contribution < 1.29 is 23.1 Å². The summed E-state index contributed by atoms with van der Waals surface area (Å²) < 4.78 is 36.8. The van der Waals surface area contributed by atoms with E-state index in [2.05, 4.69) is 0 Å². The third-order valence-electron chi connectivity index (χ3n) is 3.76. The highest BCUT2D eigenvalue weighted by molar-refractivity contribution is 5.74. The average molecular weight is 296 g/mol. The molecule has 20 heavy (non-hydrogen) atoms. The van der Waals surface area contributed by atoms with Gasteiger partial charge >= 0.3 is 12.1 Å². The van der Waals surface area contributed by atoms with Crippen LogP contribution in [0.5, 0.6) is 0 Å². The van der Waals surface area contributed by atoms with E-state index >= 15 is 0 Å². The third-order valence-corrected chi connectivity index (χ3v) is 3.76. The van der Waals surface area contributed by atoms with Crippen molar-refractivity contribution >= 4 is 5.97 Å². The monoisotopic (exact) mass is 296 g/mol. The molecule has 0 aliphatic carbocycles. The Morgan fingerprint density at radius 2 is 1.55 bits per heavy atom. The van der Waals surface area contributed by atoms with E-state index in [0.717, 1.165) is 6.42 Å². The van der Waals surface area contributed by atoms with E-state index in [9.17, 15) is 23.1 Å². The summed E-state index contributed by atoms with van der Waals surface area (Å²) in [5.74, 6) is -0.836. The second kappa shape index (κ2) is 6.76. The van der Waals surface area contributed by atoms with Gasteiger partial charge in [-0.15, -0.1) is 0 Å². The van der Waals surface area contributed by atoms with Gasteiger partial charge in [0.15, 0.2) is 0 Å². The first kappa shape index (κ1) is 17.2. The first-order valence-corrected chi connectivity index (χ1v) is 6.91. The van der Waals surface area contributed by atoms with Crippen LogP contribution >= 0.6 is 0 Å². The van der Waals surface area contributed by atoms with Gasteiger partial charge in [0.05, 0.1) is 12.0 Å². The predicted molar refractivity (Wildman–Crippen MR) is 69.6 cm³/mol. The molecule has 7 heteroatoms. The maximum absolute atomic E-state index is 12.3. The van der Waals surface area contributed by atoms with Crippen LogP contribution in [0.25, 0.3) is 0 Å². The molecule has 1 rings (SSSR count). The largest absolute Gasteiger partial charge is 0.481 e. The summed E-state index contributed by atoms with van der Waals surface area (Å²) in [5.41, 5.74) is -0.819. The number of hydrogen-bond acceptors (Lipinski definition) is 3. The van der Waals surface area contributed by atoms with Crippen LogP contribution < -0.4 is 0 Å². The molecule has 4 nitrogen and oxygen atoms in total. The van der Waals surface area contributed by atoms with Crippen LogP contribution in [0, 0.1) is 5.41 Å². The zero-order valence-electron chi connectivity index (χ0n) is 12.0. The smallest absolute Gasteiger partial charge is 0.401 e. The van der Waals surface area contributed by atoms with E-state index in [1.807, 2.05) is 11.8 Å². The van der Waals surface area contributed by atoms with Crippen molar-refractivity contribution in [1.29, 1.82) is 0 Å². The number of halogens is 3. The lowest BCUT2D eigenvalue weighted by Crippen LogP contribution is -2.52. The van der Waals surface area contributed by atoms with Crippen molar-refractivity contribution in [3.63, 3.8) is 0 Å². The highest BCUT2D eigenvalue weighted by Crippen LogP contribution is 2.26. The summed E-state index contributed by atoms with van der Waals surface area (Å²) in [6, 6.07) is 0. The van der Waals surface area contributed by atoms with E-state index in [1.165, 1.54) is 4.90 Å². The quantitative estimate of drug-likeness (QED) is 0.815. The van der Waals surface area contributed by atoms with Crippen LogP contribution in [0.2, 0.25) is 0 Å². The zero-order valence-corrected chi connectivity index (χ0v) is 12.0. The number of rotatable bonds is 6. The van der Waals surface area contributed by atoms with Gasteiger partial charge in [-0.2, -0.15) is 13.2 Å². The third kappa shape index (κ3) is 5.28. The molecule has 1 saturated heterocycles. The molecule has 1 aliphatic heterocycles. The number of alkyl halides is 3. The van der Waals surface area contributed by atoms with Crippen LogP contribution in [-0.4, -0.2) is 66.3 Å². The second-order valence-corrected chi connectivity index (χ2v) is 5.78. The van der Waals surface area contributed by atoms with Gasteiger partial charge in [-0.05, 0) is 13.3 Å². The Labute approximate surface area is 117 Å². The topological polar surface area (TPSA) is 43.8 Å². The molecule has 0 radical (unpaired) electrons. The molecule has 1 N–H and O–H groups in total. The van der Waals surface area contributed by atoms with Gasteiger partial charge in [-0.25, -0.2) is 0 Å². The Balaban J connectivity index is 2.47. The molecule has 0 aromatic heterocycles. The Kier molecular flexibility index (Phi) is 5.82. The number of nitrogens with zero attached hydrogens (tertiary/aromatic N) is 2. The molecule has 1 aliphatic rings. The molecule has 0 amide bonds. The fraction of sp³-hybridized carbons (Fsp3) is 0.923. The number of carboxylic acid groups (broad SMARTS) is 1. The minimum absolute atomic E-state index is 0.335. The highest BCUT2D eigenvalue weighted by atomic mass is 19.4. The van der Waals surface area contributed by atoms with E-state index in [1.54, 1.807) is 6.92 Å². The maximum atomic E-state index is 12.3. The van der Waals surface area contributed by atoms with Gasteiger partial charge in [0.2, 0.25) is 0 Å². The van der Waals surface area contributed by atoms with Crippen LogP contribution in [0.1, 0.15) is 26.7 Å². The first-order chi connectivity index (χ1) is 9.16. The molecule has 0 saturated carbocycles. The number of carbonyl (C=O) groups is 1. The van der Waals surface area contributed by atoms with E-state index in [0.29, 0.717) is 39.1 Å². The molecular weight excluding hydrogens is 273 g/mol. The maximum Gasteiger partial charge on any atom is 0.401 e. The van der Waals surface area contributed by atoms with Gasteiger partial charge < -0.3 is 5.11 Å².